The number of nitrogens with zero attached hydrogens (tertiary/aromatic N) is 6. The normalized spacial score (nSPS) is 15.6. The molecular formula is C26H25N7O3. The van der Waals surface area contributed by atoms with Gasteiger partial charge in [0, 0.05) is 49.7 Å². The lowest BCUT2D eigenvalue weighted by molar-refractivity contribution is -0.123. The SMILES string of the molecule is O=C1CN(C(=O)c2nn(Cc3ccccc3)c3c2CN(C(=O)c2cn4ccccc4n2)CC3)CCN1. The smallest absolute Gasteiger partial charge is 0.275 e. The van der Waals surface area contributed by atoms with Crippen molar-refractivity contribution in [3.63, 3.8) is 0 Å². The second kappa shape index (κ2) is 8.95. The van der Waals surface area contributed by atoms with Crippen LogP contribution in [-0.4, -0.2) is 72.9 Å². The fraction of sp³-hybridized carbons (Fsp3) is 0.269. The molecule has 1 aromatic carbocycles. The van der Waals surface area contributed by atoms with E-state index >= 15 is 0 Å². The summed E-state index contributed by atoms with van der Waals surface area (Å²) in [5.41, 5.74) is 4.13. The molecule has 0 radical (unpaired) electrons. The molecule has 2 aliphatic rings. The number of piperazine rings is 1. The van der Waals surface area contributed by atoms with Gasteiger partial charge in [-0.25, -0.2) is 4.98 Å². The maximum Gasteiger partial charge on any atom is 0.275 e. The molecule has 3 aromatic heterocycles. The molecule has 0 atom stereocenters. The highest BCUT2D eigenvalue weighted by Crippen LogP contribution is 2.26. The number of rotatable bonds is 4. The summed E-state index contributed by atoms with van der Waals surface area (Å²) in [5.74, 6) is -0.651. The quantitative estimate of drug-likeness (QED) is 0.472. The molecule has 6 rings (SSSR count). The first-order valence-corrected chi connectivity index (χ1v) is 12.0. The van der Waals surface area contributed by atoms with Crippen molar-refractivity contribution in [3.8, 4) is 0 Å². The molecule has 36 heavy (non-hydrogen) atoms. The Morgan fingerprint density at radius 1 is 0.944 bits per heavy atom. The minimum atomic E-state index is -0.282. The first-order valence-electron chi connectivity index (χ1n) is 12.0. The second-order valence-corrected chi connectivity index (χ2v) is 9.06. The fourth-order valence-electron chi connectivity index (χ4n) is 4.88. The van der Waals surface area contributed by atoms with E-state index in [1.165, 1.54) is 4.90 Å². The van der Waals surface area contributed by atoms with Gasteiger partial charge in [-0.05, 0) is 17.7 Å². The molecule has 5 heterocycles. The van der Waals surface area contributed by atoms with Crippen molar-refractivity contribution in [2.24, 2.45) is 0 Å². The predicted octanol–water partition coefficient (Wildman–Crippen LogP) is 1.35. The summed E-state index contributed by atoms with van der Waals surface area (Å²) in [6.45, 7) is 2.13. The molecule has 3 amide bonds. The molecule has 0 spiro atoms. The molecule has 0 bridgehead atoms. The van der Waals surface area contributed by atoms with Crippen LogP contribution >= 0.6 is 0 Å². The molecule has 1 fully saturated rings. The van der Waals surface area contributed by atoms with Crippen LogP contribution in [-0.2, 0) is 24.3 Å². The Kier molecular flexibility index (Phi) is 5.48. The van der Waals surface area contributed by atoms with E-state index in [-0.39, 0.29) is 30.8 Å². The third-order valence-electron chi connectivity index (χ3n) is 6.71. The summed E-state index contributed by atoms with van der Waals surface area (Å²) in [7, 11) is 0. The zero-order valence-corrected chi connectivity index (χ0v) is 19.6. The van der Waals surface area contributed by atoms with E-state index in [1.54, 1.807) is 11.1 Å². The standard InChI is InChI=1S/C26H25N7O3/c34-23-17-32(13-10-27-23)26(36)24-19-15-31(25(35)20-16-30-11-5-4-8-22(30)28-20)12-9-21(19)33(29-24)14-18-6-2-1-3-7-18/h1-8,11,16H,9-10,12-15,17H2,(H,27,34). The number of imidazole rings is 1. The number of pyridine rings is 1. The fourth-order valence-corrected chi connectivity index (χ4v) is 4.88. The van der Waals surface area contributed by atoms with Crippen LogP contribution in [0.2, 0.25) is 0 Å². The zero-order valence-electron chi connectivity index (χ0n) is 19.6. The van der Waals surface area contributed by atoms with Gasteiger partial charge in [0.05, 0.1) is 19.6 Å². The molecular weight excluding hydrogens is 458 g/mol. The van der Waals surface area contributed by atoms with Crippen molar-refractivity contribution in [1.82, 2.24) is 34.3 Å². The average Bonchev–Trinajstić information content (AvgIpc) is 3.50. The number of carbonyl (C=O) groups is 3. The van der Waals surface area contributed by atoms with Crippen LogP contribution < -0.4 is 5.32 Å². The molecule has 4 aromatic rings. The highest BCUT2D eigenvalue weighted by atomic mass is 16.2. The van der Waals surface area contributed by atoms with E-state index < -0.39 is 0 Å². The largest absolute Gasteiger partial charge is 0.353 e. The summed E-state index contributed by atoms with van der Waals surface area (Å²) in [6.07, 6.45) is 4.15. The van der Waals surface area contributed by atoms with Crippen LogP contribution in [0.4, 0.5) is 0 Å². The van der Waals surface area contributed by atoms with E-state index in [0.717, 1.165) is 16.8 Å². The Labute approximate surface area is 207 Å². The maximum absolute atomic E-state index is 13.5. The molecule has 10 heteroatoms. The van der Waals surface area contributed by atoms with Gasteiger partial charge in [-0.2, -0.15) is 5.10 Å². The van der Waals surface area contributed by atoms with Gasteiger partial charge in [-0.3, -0.25) is 19.1 Å². The minimum absolute atomic E-state index is 0.00302. The molecule has 0 aliphatic carbocycles. The van der Waals surface area contributed by atoms with Gasteiger partial charge in [-0.15, -0.1) is 0 Å². The summed E-state index contributed by atoms with van der Waals surface area (Å²) in [6, 6.07) is 15.6. The summed E-state index contributed by atoms with van der Waals surface area (Å²) >= 11 is 0. The summed E-state index contributed by atoms with van der Waals surface area (Å²) in [4.78, 5) is 46.5. The Hall–Kier alpha value is -4.47. The Balaban J connectivity index is 1.33. The van der Waals surface area contributed by atoms with Crippen LogP contribution in [0.5, 0.6) is 0 Å². The third kappa shape index (κ3) is 4.00. The van der Waals surface area contributed by atoms with Gasteiger partial charge in [-0.1, -0.05) is 36.4 Å². The number of nitrogens with one attached hydrogen (secondary N) is 1. The topological polar surface area (TPSA) is 105 Å². The van der Waals surface area contributed by atoms with Gasteiger partial charge in [0.25, 0.3) is 11.8 Å². The number of hydrogen-bond acceptors (Lipinski definition) is 5. The lowest BCUT2D eigenvalue weighted by Gasteiger charge is -2.29. The van der Waals surface area contributed by atoms with Crippen molar-refractivity contribution in [2.45, 2.75) is 19.5 Å². The first-order chi connectivity index (χ1) is 17.6. The molecule has 182 valence electrons. The van der Waals surface area contributed by atoms with Crippen LogP contribution in [0.15, 0.2) is 60.9 Å². The lowest BCUT2D eigenvalue weighted by Crippen LogP contribution is -2.50. The first kappa shape index (κ1) is 22.0. The number of benzene rings is 1. The Morgan fingerprint density at radius 2 is 1.75 bits per heavy atom. The number of fused-ring (bicyclic) bond motifs is 2. The van der Waals surface area contributed by atoms with Crippen molar-refractivity contribution >= 4 is 23.4 Å². The molecule has 0 saturated carbocycles. The molecule has 10 nitrogen and oxygen atoms in total. The Bertz CT molecular complexity index is 1440. The average molecular weight is 484 g/mol. The van der Waals surface area contributed by atoms with E-state index in [9.17, 15) is 14.4 Å². The van der Waals surface area contributed by atoms with Crippen LogP contribution in [0.3, 0.4) is 0 Å². The zero-order chi connectivity index (χ0) is 24.6. The van der Waals surface area contributed by atoms with Crippen molar-refractivity contribution in [1.29, 1.82) is 0 Å². The number of amides is 3. The monoisotopic (exact) mass is 483 g/mol. The van der Waals surface area contributed by atoms with Gasteiger partial charge in [0.15, 0.2) is 5.69 Å². The van der Waals surface area contributed by atoms with E-state index in [0.29, 0.717) is 49.6 Å². The second-order valence-electron chi connectivity index (χ2n) is 9.06. The number of aromatic nitrogens is 4. The molecule has 1 N–H and O–H groups in total. The molecule has 0 unspecified atom stereocenters. The van der Waals surface area contributed by atoms with E-state index in [2.05, 4.69) is 10.3 Å². The van der Waals surface area contributed by atoms with Crippen molar-refractivity contribution in [3.05, 3.63) is 89.1 Å². The third-order valence-corrected chi connectivity index (χ3v) is 6.71. The van der Waals surface area contributed by atoms with E-state index in [4.69, 9.17) is 5.10 Å². The van der Waals surface area contributed by atoms with E-state index in [1.807, 2.05) is 63.8 Å². The predicted molar refractivity (Wildman–Crippen MR) is 130 cm³/mol. The lowest BCUT2D eigenvalue weighted by atomic mass is 10.0. The number of carbonyl (C=O) groups excluding carboxylic acids is 3. The number of hydrogen-bond donors (Lipinski definition) is 1. The summed E-state index contributed by atoms with van der Waals surface area (Å²) < 4.78 is 3.69. The van der Waals surface area contributed by atoms with Crippen LogP contribution in [0.1, 0.15) is 37.8 Å². The van der Waals surface area contributed by atoms with Crippen molar-refractivity contribution in [2.75, 3.05) is 26.2 Å². The van der Waals surface area contributed by atoms with Crippen LogP contribution in [0, 0.1) is 0 Å². The van der Waals surface area contributed by atoms with Gasteiger partial charge in [0.2, 0.25) is 5.91 Å². The minimum Gasteiger partial charge on any atom is -0.353 e. The molecule has 2 aliphatic heterocycles. The van der Waals surface area contributed by atoms with Crippen molar-refractivity contribution < 1.29 is 14.4 Å². The summed E-state index contributed by atoms with van der Waals surface area (Å²) in [5, 5.41) is 7.47. The molecule has 1 saturated heterocycles. The van der Waals surface area contributed by atoms with Gasteiger partial charge >= 0.3 is 0 Å². The highest BCUT2D eigenvalue weighted by molar-refractivity contribution is 5.97. The van der Waals surface area contributed by atoms with Crippen LogP contribution in [0.25, 0.3) is 5.65 Å². The highest BCUT2D eigenvalue weighted by Gasteiger charge is 2.34. The van der Waals surface area contributed by atoms with Gasteiger partial charge in [0.1, 0.15) is 11.3 Å². The van der Waals surface area contributed by atoms with Gasteiger partial charge < -0.3 is 19.5 Å². The Morgan fingerprint density at radius 3 is 2.56 bits per heavy atom. The maximum atomic E-state index is 13.5.